The average Bonchev–Trinajstić information content (AvgIpc) is 3.14. The van der Waals surface area contributed by atoms with Gasteiger partial charge in [0.1, 0.15) is 32.5 Å². The molecule has 0 atom stereocenters. The van der Waals surface area contributed by atoms with Gasteiger partial charge in [0.25, 0.3) is 20.2 Å². The number of anilines is 1. The van der Waals surface area contributed by atoms with Crippen molar-refractivity contribution in [2.24, 2.45) is 30.7 Å². The molecule has 0 aromatic heterocycles. The smallest absolute Gasteiger partial charge is 0.296 e. The van der Waals surface area contributed by atoms with E-state index in [4.69, 9.17) is 21.5 Å². The van der Waals surface area contributed by atoms with E-state index < -0.39 is 52.9 Å². The summed E-state index contributed by atoms with van der Waals surface area (Å²) in [5, 5.41) is 82.5. The van der Waals surface area contributed by atoms with Crippen LogP contribution >= 0.6 is 36.1 Å². The van der Waals surface area contributed by atoms with E-state index in [0.717, 1.165) is 18.2 Å². The summed E-state index contributed by atoms with van der Waals surface area (Å²) >= 11 is 1.15. The topological polar surface area (TPSA) is 365 Å². The van der Waals surface area contributed by atoms with Crippen LogP contribution in [0.5, 0.6) is 11.5 Å². The van der Waals surface area contributed by atoms with Crippen LogP contribution in [0.3, 0.4) is 0 Å². The monoisotopic (exact) mass is 875 g/mol. The molecule has 29 heteroatoms. The zero-order valence-corrected chi connectivity index (χ0v) is 31.3. The second-order valence-electron chi connectivity index (χ2n) is 10.2. The number of nitrogens with zero attached hydrogens (tertiary/aromatic N) is 6. The van der Waals surface area contributed by atoms with Gasteiger partial charge in [-0.2, -0.15) is 32.2 Å². The van der Waals surface area contributed by atoms with Crippen LogP contribution in [0.4, 0.5) is 34.1 Å². The second-order valence-corrected chi connectivity index (χ2v) is 15.3. The number of phenols is 2. The largest absolute Gasteiger partial charge is 0.505 e. The molecule has 0 aliphatic rings. The van der Waals surface area contributed by atoms with E-state index >= 15 is 0 Å². The van der Waals surface area contributed by atoms with Crippen LogP contribution in [0.1, 0.15) is 0 Å². The van der Waals surface area contributed by atoms with Crippen molar-refractivity contribution in [1.29, 1.82) is 0 Å². The minimum absolute atomic E-state index is 0.0335. The average molecular weight is 876 g/mol. The molecule has 9 N–H and O–H groups in total. The molecule has 5 aromatic carbocycles. The lowest BCUT2D eigenvalue weighted by Crippen LogP contribution is -2.00. The first-order chi connectivity index (χ1) is 26.6. The van der Waals surface area contributed by atoms with Crippen molar-refractivity contribution in [3.05, 3.63) is 54.6 Å². The Morgan fingerprint density at radius 1 is 0.625 bits per heavy atom. The van der Waals surface area contributed by atoms with Crippen molar-refractivity contribution >= 4 is 112 Å². The van der Waals surface area contributed by atoms with Crippen molar-refractivity contribution in [1.82, 2.24) is 0 Å². The second kappa shape index (κ2) is 18.1. The third kappa shape index (κ3) is 9.47. The summed E-state index contributed by atoms with van der Waals surface area (Å²) in [6, 6.07) is 11.0. The first-order valence-corrected chi connectivity index (χ1v) is 19.3. The Bertz CT molecular complexity index is 2630. The fraction of sp³-hybridized carbons (Fsp3) is 0.0370. The number of rotatable bonds is 16. The van der Waals surface area contributed by atoms with Crippen LogP contribution in [0, 0.1) is 0 Å². The Labute approximate surface area is 324 Å². The van der Waals surface area contributed by atoms with Gasteiger partial charge in [-0.05, 0) is 59.3 Å². The fourth-order valence-electron chi connectivity index (χ4n) is 4.84. The first kappa shape index (κ1) is 42.5. The molecule has 0 saturated carbocycles. The number of hydrogen-bond acceptors (Lipinski definition) is 25. The summed E-state index contributed by atoms with van der Waals surface area (Å²) in [4.78, 5) is -1.48. The molecule has 24 nitrogen and oxygen atoms in total. The van der Waals surface area contributed by atoms with Gasteiger partial charge in [-0.1, -0.05) is 21.2 Å². The molecule has 5 aromatic rings. The van der Waals surface area contributed by atoms with E-state index in [1.54, 1.807) is 0 Å². The Morgan fingerprint density at radius 2 is 1.23 bits per heavy atom. The zero-order chi connectivity index (χ0) is 40.8. The highest BCUT2D eigenvalue weighted by molar-refractivity contribution is 7.95. The van der Waals surface area contributed by atoms with Gasteiger partial charge in [-0.15, -0.1) is 28.3 Å². The Balaban J connectivity index is 1.65. The summed E-state index contributed by atoms with van der Waals surface area (Å²) in [5.74, 6) is -1.40. The molecule has 0 saturated heterocycles. The Kier molecular flexibility index (Phi) is 13.7. The number of nitrogen functional groups attached to an aromatic ring is 1. The molecule has 5 rings (SSSR count). The van der Waals surface area contributed by atoms with Gasteiger partial charge in [0.05, 0.1) is 62.7 Å². The molecule has 0 spiro atoms. The van der Waals surface area contributed by atoms with E-state index in [9.17, 15) is 36.2 Å². The van der Waals surface area contributed by atoms with Gasteiger partial charge >= 0.3 is 0 Å². The number of hydrogen-bond donors (Lipinski definition) is 8. The minimum atomic E-state index is -4.94. The van der Waals surface area contributed by atoms with Crippen molar-refractivity contribution in [3.63, 3.8) is 0 Å². The van der Waals surface area contributed by atoms with E-state index in [1.807, 2.05) is 0 Å². The molecule has 56 heavy (non-hydrogen) atoms. The third-order valence-electron chi connectivity index (χ3n) is 7.03. The lowest BCUT2D eigenvalue weighted by atomic mass is 10.1. The van der Waals surface area contributed by atoms with Crippen LogP contribution in [0.2, 0.25) is 0 Å². The van der Waals surface area contributed by atoms with Gasteiger partial charge < -0.3 is 15.9 Å². The lowest BCUT2D eigenvalue weighted by Gasteiger charge is -2.14. The van der Waals surface area contributed by atoms with Crippen LogP contribution in [-0.4, -0.2) is 59.0 Å². The first-order valence-electron chi connectivity index (χ1n) is 14.2. The predicted octanol–water partition coefficient (Wildman–Crippen LogP) is 8.31. The van der Waals surface area contributed by atoms with Crippen LogP contribution in [0.25, 0.3) is 21.5 Å². The standard InChI is InChI=1S/C27H21N7O17S5/c1-29-32-25-20(56(43,44)45)8-12-7-17(53-50-47-38)23(22(28)21(12)27(25)36)33-30-13-3-2-11-6-18(54-51-48-39)24(26(35)15(11)9-13)34-31-16-10-14(52-49-46-37)4-5-19(16)55(40,41)42/h2-10,35-39H,28H2,1H3,(H,40,41,42)(H,43,44,45). The Hall–Kier alpha value is -4.67. The summed E-state index contributed by atoms with van der Waals surface area (Å²) in [7, 11) is -8.62. The van der Waals surface area contributed by atoms with Crippen molar-refractivity contribution in [2.45, 2.75) is 24.5 Å². The van der Waals surface area contributed by atoms with Gasteiger partial charge in [0.15, 0.2) is 11.5 Å². The molecule has 0 amide bonds. The van der Waals surface area contributed by atoms with Crippen LogP contribution in [-0.2, 0) is 48.4 Å². The molecule has 296 valence electrons. The van der Waals surface area contributed by atoms with Crippen LogP contribution in [0.15, 0.2) is 110 Å². The highest BCUT2D eigenvalue weighted by Gasteiger charge is 2.26. The molecular weight excluding hydrogens is 855 g/mol. The minimum Gasteiger partial charge on any atom is -0.505 e. The molecule has 0 bridgehead atoms. The van der Waals surface area contributed by atoms with Gasteiger partial charge in [0.2, 0.25) is 0 Å². The fourth-order valence-corrected chi connectivity index (χ4v) is 7.50. The van der Waals surface area contributed by atoms with Gasteiger partial charge in [-0.25, -0.2) is 15.8 Å². The summed E-state index contributed by atoms with van der Waals surface area (Å²) in [5.41, 5.74) is 4.41. The SMILES string of the molecule is CN=Nc1c(S(=O)(=O)O)cc2cc(SOOO)c(N=Nc3ccc4cc(SOOO)c(N=Nc5cc(SOOO)ccc5S(=O)(=O)O)c(O)c4c3)c(N)c2c1O. The molecule has 0 fully saturated rings. The number of azo groups is 3. The lowest BCUT2D eigenvalue weighted by molar-refractivity contribution is -0.432. The molecule has 0 aliphatic heterocycles. The maximum Gasteiger partial charge on any atom is 0.296 e. The Morgan fingerprint density at radius 3 is 1.86 bits per heavy atom. The number of aromatic hydroxyl groups is 2. The highest BCUT2D eigenvalue weighted by Crippen LogP contribution is 2.50. The highest BCUT2D eigenvalue weighted by atomic mass is 32.2. The molecule has 0 radical (unpaired) electrons. The quantitative estimate of drug-likeness (QED) is 0.0115. The van der Waals surface area contributed by atoms with E-state index in [0.29, 0.717) is 41.5 Å². The maximum atomic E-state index is 12.1. The van der Waals surface area contributed by atoms with Crippen molar-refractivity contribution in [3.8, 4) is 11.5 Å². The van der Waals surface area contributed by atoms with Gasteiger partial charge in [-0.3, -0.25) is 9.11 Å². The van der Waals surface area contributed by atoms with E-state index in [-0.39, 0.29) is 53.6 Å². The summed E-state index contributed by atoms with van der Waals surface area (Å²) in [6.45, 7) is 0. The third-order valence-corrected chi connectivity index (χ3v) is 10.6. The summed E-state index contributed by atoms with van der Waals surface area (Å²) in [6.07, 6.45) is 0. The van der Waals surface area contributed by atoms with Crippen LogP contribution < -0.4 is 5.73 Å². The van der Waals surface area contributed by atoms with E-state index in [2.05, 4.69) is 58.8 Å². The molecule has 0 unspecified atom stereocenters. The maximum absolute atomic E-state index is 12.1. The van der Waals surface area contributed by atoms with E-state index in [1.165, 1.54) is 43.4 Å². The zero-order valence-electron chi connectivity index (χ0n) is 27.2. The number of phenolic OH excluding ortho intramolecular Hbond substituents is 2. The number of nitrogens with two attached hydrogens (primary N) is 1. The number of fused-ring (bicyclic) bond motifs is 2. The predicted molar refractivity (Wildman–Crippen MR) is 192 cm³/mol. The normalized spacial score (nSPS) is 12.7. The molecular formula is C27H21N7O17S5. The van der Waals surface area contributed by atoms with Crippen molar-refractivity contribution in [2.75, 3.05) is 12.8 Å². The number of benzene rings is 5. The molecule has 0 aliphatic carbocycles. The van der Waals surface area contributed by atoms with Gasteiger partial charge in [0, 0.05) is 17.3 Å². The molecule has 0 heterocycles. The summed E-state index contributed by atoms with van der Waals surface area (Å²) < 4.78 is 81.1. The van der Waals surface area contributed by atoms with Crippen molar-refractivity contribution < 1.29 is 80.0 Å².